The van der Waals surface area contributed by atoms with Crippen LogP contribution in [-0.4, -0.2) is 55.1 Å². The van der Waals surface area contributed by atoms with Crippen molar-refractivity contribution in [3.05, 3.63) is 78.3 Å². The van der Waals surface area contributed by atoms with Gasteiger partial charge in [0.25, 0.3) is 0 Å². The predicted molar refractivity (Wildman–Crippen MR) is 145 cm³/mol. The number of hydrogen-bond donors (Lipinski definition) is 1. The van der Waals surface area contributed by atoms with Gasteiger partial charge < -0.3 is 25.0 Å². The molecule has 5 rings (SSSR count). The Morgan fingerprint density at radius 3 is 2.86 bits per heavy atom. The van der Waals surface area contributed by atoms with Gasteiger partial charge in [0.15, 0.2) is 12.0 Å². The predicted octanol–water partition coefficient (Wildman–Crippen LogP) is 5.54. The number of nitrogens with zero attached hydrogens (tertiary/aromatic N) is 3. The molecule has 2 N–H and O–H groups in total. The van der Waals surface area contributed by atoms with Gasteiger partial charge in [-0.2, -0.15) is 0 Å². The first kappa shape index (κ1) is 24.5. The summed E-state index contributed by atoms with van der Waals surface area (Å²) >= 11 is 1.62. The third-order valence-corrected chi connectivity index (χ3v) is 7.98. The summed E-state index contributed by atoms with van der Waals surface area (Å²) in [7, 11) is 0. The molecule has 8 heteroatoms. The molecule has 1 aromatic heterocycles. The van der Waals surface area contributed by atoms with Gasteiger partial charge in [-0.1, -0.05) is 36.4 Å². The lowest BCUT2D eigenvalue weighted by atomic mass is 10.0. The second-order valence-electron chi connectivity index (χ2n) is 9.34. The van der Waals surface area contributed by atoms with E-state index in [1.807, 2.05) is 12.1 Å². The second-order valence-corrected chi connectivity index (χ2v) is 10.4. The molecule has 0 bridgehead atoms. The van der Waals surface area contributed by atoms with Crippen LogP contribution in [0.25, 0.3) is 10.1 Å². The Bertz CT molecular complexity index is 1170. The number of primary amides is 1. The molecule has 1 aliphatic carbocycles. The standard InChI is InChI=1S/C28H34N4O3S/c29-28(33)32(27-19-23-11-4-5-12-25(23)36-27)16-7-6-13-30-14-8-15-31(18-17-30)26-21-34-20-24(35-26)22-9-2-1-3-10-22/h1-2,4-5,9,11-12,19-21H,3,6-8,10,13-18H2,(H2,29,33). The fourth-order valence-electron chi connectivity index (χ4n) is 4.85. The van der Waals surface area contributed by atoms with Crippen molar-refractivity contribution in [2.75, 3.05) is 44.2 Å². The summed E-state index contributed by atoms with van der Waals surface area (Å²) in [6, 6.07) is 9.85. The maximum Gasteiger partial charge on any atom is 0.319 e. The Hall–Kier alpha value is -3.23. The van der Waals surface area contributed by atoms with E-state index >= 15 is 0 Å². The van der Waals surface area contributed by atoms with Crippen LogP contribution < -0.4 is 10.6 Å². The van der Waals surface area contributed by atoms with Crippen molar-refractivity contribution < 1.29 is 14.3 Å². The number of rotatable bonds is 8. The van der Waals surface area contributed by atoms with Crippen molar-refractivity contribution in [3.63, 3.8) is 0 Å². The zero-order chi connectivity index (χ0) is 24.7. The third kappa shape index (κ3) is 5.94. The zero-order valence-electron chi connectivity index (χ0n) is 20.6. The molecular weight excluding hydrogens is 472 g/mol. The highest BCUT2D eigenvalue weighted by atomic mass is 32.1. The number of thiophene rings is 1. The van der Waals surface area contributed by atoms with E-state index in [0.29, 0.717) is 6.54 Å². The number of carbonyl (C=O) groups is 1. The molecule has 3 aliphatic rings. The number of carbonyl (C=O) groups excluding carboxylic acids is 1. The van der Waals surface area contributed by atoms with Crippen molar-refractivity contribution in [3.8, 4) is 0 Å². The quantitative estimate of drug-likeness (QED) is 0.476. The van der Waals surface area contributed by atoms with Gasteiger partial charge in [-0.05, 0) is 68.3 Å². The first-order chi connectivity index (χ1) is 17.7. The minimum atomic E-state index is -0.386. The van der Waals surface area contributed by atoms with Crippen LogP contribution in [0.1, 0.15) is 32.1 Å². The summed E-state index contributed by atoms with van der Waals surface area (Å²) in [5.74, 6) is 1.61. The van der Waals surface area contributed by atoms with Crippen LogP contribution >= 0.6 is 11.3 Å². The average Bonchev–Trinajstić information content (AvgIpc) is 3.19. The number of unbranched alkanes of at least 4 members (excludes halogenated alkanes) is 1. The van der Waals surface area contributed by atoms with Gasteiger partial charge in [0.1, 0.15) is 11.3 Å². The molecule has 3 heterocycles. The first-order valence-electron chi connectivity index (χ1n) is 12.8. The summed E-state index contributed by atoms with van der Waals surface area (Å²) < 4.78 is 13.0. The maximum atomic E-state index is 12.1. The van der Waals surface area contributed by atoms with Crippen LogP contribution in [0.15, 0.2) is 78.3 Å². The highest BCUT2D eigenvalue weighted by Gasteiger charge is 2.23. The monoisotopic (exact) mass is 506 g/mol. The van der Waals surface area contributed by atoms with E-state index in [1.165, 1.54) is 10.3 Å². The highest BCUT2D eigenvalue weighted by Crippen LogP contribution is 2.32. The van der Waals surface area contributed by atoms with Crippen molar-refractivity contribution in [2.24, 2.45) is 5.73 Å². The van der Waals surface area contributed by atoms with Crippen molar-refractivity contribution in [1.29, 1.82) is 0 Å². The SMILES string of the molecule is NC(=O)N(CCCCN1CCCN(C2=COC=C(C3=CC=CCC3)O2)CC1)c1cc2ccccc2s1. The number of benzene rings is 1. The van der Waals surface area contributed by atoms with Gasteiger partial charge in [0, 0.05) is 30.9 Å². The summed E-state index contributed by atoms with van der Waals surface area (Å²) in [6.45, 7) is 5.52. The zero-order valence-corrected chi connectivity index (χ0v) is 21.4. The van der Waals surface area contributed by atoms with Gasteiger partial charge in [0.2, 0.25) is 5.88 Å². The number of ether oxygens (including phenoxy) is 2. The number of hydrogen-bond acceptors (Lipinski definition) is 6. The molecule has 0 saturated carbocycles. The van der Waals surface area contributed by atoms with E-state index in [2.05, 4.69) is 46.2 Å². The molecule has 2 amide bonds. The number of allylic oxidation sites excluding steroid dienone is 4. The van der Waals surface area contributed by atoms with E-state index in [-0.39, 0.29) is 6.03 Å². The molecule has 1 saturated heterocycles. The van der Waals surface area contributed by atoms with E-state index in [4.69, 9.17) is 15.2 Å². The third-order valence-electron chi connectivity index (χ3n) is 6.84. The number of urea groups is 1. The number of amides is 2. The lowest BCUT2D eigenvalue weighted by Gasteiger charge is -2.28. The molecular formula is C28H34N4O3S. The Kier molecular flexibility index (Phi) is 7.93. The molecule has 0 atom stereocenters. The topological polar surface area (TPSA) is 71.3 Å². The van der Waals surface area contributed by atoms with Crippen molar-refractivity contribution in [2.45, 2.75) is 32.1 Å². The molecule has 1 fully saturated rings. The molecule has 1 aromatic carbocycles. The lowest BCUT2D eigenvalue weighted by molar-refractivity contribution is 0.127. The molecule has 0 radical (unpaired) electrons. The average molecular weight is 507 g/mol. The van der Waals surface area contributed by atoms with Crippen molar-refractivity contribution in [1.82, 2.24) is 9.80 Å². The number of anilines is 1. The molecule has 2 aromatic rings. The van der Waals surface area contributed by atoms with Gasteiger partial charge >= 0.3 is 6.03 Å². The Labute approximate surface area is 216 Å². The second kappa shape index (κ2) is 11.7. The smallest absolute Gasteiger partial charge is 0.319 e. The summed E-state index contributed by atoms with van der Waals surface area (Å²) in [5.41, 5.74) is 6.90. The van der Waals surface area contributed by atoms with Crippen LogP contribution in [-0.2, 0) is 9.47 Å². The molecule has 2 aliphatic heterocycles. The maximum absolute atomic E-state index is 12.1. The van der Waals surface area contributed by atoms with Crippen molar-refractivity contribution >= 4 is 32.5 Å². The van der Waals surface area contributed by atoms with Gasteiger partial charge in [-0.25, -0.2) is 4.79 Å². The Balaban J connectivity index is 1.08. The van der Waals surface area contributed by atoms with Gasteiger partial charge in [-0.15, -0.1) is 11.3 Å². The number of nitrogens with two attached hydrogens (primary N) is 1. The van der Waals surface area contributed by atoms with Crippen LogP contribution in [0.3, 0.4) is 0 Å². The summed E-state index contributed by atoms with van der Waals surface area (Å²) in [5, 5.41) is 2.07. The van der Waals surface area contributed by atoms with E-state index < -0.39 is 0 Å². The van der Waals surface area contributed by atoms with Crippen LogP contribution in [0, 0.1) is 0 Å². The largest absolute Gasteiger partial charge is 0.463 e. The minimum absolute atomic E-state index is 0.386. The fraction of sp³-hybridized carbons (Fsp3) is 0.393. The summed E-state index contributed by atoms with van der Waals surface area (Å²) in [6.07, 6.45) is 14.8. The molecule has 36 heavy (non-hydrogen) atoms. The Morgan fingerprint density at radius 2 is 2.03 bits per heavy atom. The number of fused-ring (bicyclic) bond motifs is 1. The fourth-order valence-corrected chi connectivity index (χ4v) is 5.95. The molecule has 190 valence electrons. The molecule has 7 nitrogen and oxygen atoms in total. The molecule has 0 unspecified atom stereocenters. The lowest BCUT2D eigenvalue weighted by Crippen LogP contribution is -2.36. The van der Waals surface area contributed by atoms with Gasteiger partial charge in [-0.3, -0.25) is 4.90 Å². The highest BCUT2D eigenvalue weighted by molar-refractivity contribution is 7.23. The van der Waals surface area contributed by atoms with Gasteiger partial charge in [0.05, 0.1) is 0 Å². The first-order valence-corrected chi connectivity index (χ1v) is 13.6. The summed E-state index contributed by atoms with van der Waals surface area (Å²) in [4.78, 5) is 18.6. The van der Waals surface area contributed by atoms with Crippen LogP contribution in [0.5, 0.6) is 0 Å². The van der Waals surface area contributed by atoms with Crippen LogP contribution in [0.4, 0.5) is 9.80 Å². The van der Waals surface area contributed by atoms with E-state index in [9.17, 15) is 4.79 Å². The molecule has 0 spiro atoms. The normalized spacial score (nSPS) is 18.6. The minimum Gasteiger partial charge on any atom is -0.463 e. The van der Waals surface area contributed by atoms with Crippen LogP contribution in [0.2, 0.25) is 0 Å². The Morgan fingerprint density at radius 1 is 1.11 bits per heavy atom. The van der Waals surface area contributed by atoms with E-state index in [1.54, 1.807) is 28.8 Å². The van der Waals surface area contributed by atoms with E-state index in [0.717, 1.165) is 86.9 Å².